The fourth-order valence-corrected chi connectivity index (χ4v) is 4.42. The fraction of sp³-hybridized carbons (Fsp3) is 0.556. The first-order chi connectivity index (χ1) is 13.3. The number of hydrogen-bond acceptors (Lipinski definition) is 8. The van der Waals surface area contributed by atoms with Crippen LogP contribution in [0.2, 0.25) is 0 Å². The molecule has 10 heteroatoms. The minimum absolute atomic E-state index is 0.136. The quantitative estimate of drug-likeness (QED) is 0.246. The first-order valence-corrected chi connectivity index (χ1v) is 11.7. The summed E-state index contributed by atoms with van der Waals surface area (Å²) in [5.41, 5.74) is 2.20. The van der Waals surface area contributed by atoms with Crippen molar-refractivity contribution in [2.75, 3.05) is 32.9 Å². The number of aliphatic hydroxyl groups is 1. The van der Waals surface area contributed by atoms with Gasteiger partial charge in [0.1, 0.15) is 5.75 Å². The number of carbonyl (C=O) groups excluding carboxylic acids is 1. The zero-order chi connectivity index (χ0) is 21.2. The summed E-state index contributed by atoms with van der Waals surface area (Å²) < 4.78 is 16.8. The molecule has 0 atom stereocenters. The Labute approximate surface area is 171 Å². The van der Waals surface area contributed by atoms with E-state index in [0.717, 1.165) is 11.1 Å². The molecule has 0 aromatic heterocycles. The number of benzene rings is 1. The number of rotatable bonds is 11. The van der Waals surface area contributed by atoms with Gasteiger partial charge in [-0.1, -0.05) is 5.16 Å². The molecule has 0 radical (unpaired) electrons. The highest BCUT2D eigenvalue weighted by Crippen LogP contribution is 2.49. The molecule has 0 heterocycles. The van der Waals surface area contributed by atoms with Gasteiger partial charge in [0.25, 0.3) is 0 Å². The number of carbonyl (C=O) groups is 1. The number of aryl methyl sites for hydroxylation is 1. The van der Waals surface area contributed by atoms with E-state index in [9.17, 15) is 4.79 Å². The molecule has 0 spiro atoms. The van der Waals surface area contributed by atoms with Gasteiger partial charge in [-0.2, -0.15) is 0 Å². The molecule has 0 aliphatic heterocycles. The molecule has 1 aromatic carbocycles. The molecule has 8 nitrogen and oxygen atoms in total. The molecule has 28 heavy (non-hydrogen) atoms. The zero-order valence-electron chi connectivity index (χ0n) is 17.0. The lowest BCUT2D eigenvalue weighted by molar-refractivity contribution is 0.0991. The van der Waals surface area contributed by atoms with Crippen LogP contribution in [-0.2, 0) is 25.7 Å². The maximum atomic E-state index is 11.9. The highest BCUT2D eigenvalue weighted by atomic mass is 32.5. The first-order valence-electron chi connectivity index (χ1n) is 9.11. The van der Waals surface area contributed by atoms with Crippen LogP contribution in [0.4, 0.5) is 4.79 Å². The standard InChI is InChI=1S/C18H29N2O6PS/c1-6-20(11-12-21)18(22)25-19-15(5)17-10-9-16(13-14(17)4)26-27(28,23-7-2)24-8-3/h9-10,13,21H,6-8,11-12H2,1-5H3/b19-15-. The molecule has 1 N–H and O–H groups in total. The van der Waals surface area contributed by atoms with Crippen molar-refractivity contribution in [1.29, 1.82) is 0 Å². The van der Waals surface area contributed by atoms with Crippen LogP contribution in [0.1, 0.15) is 38.8 Å². The Balaban J connectivity index is 2.90. The molecule has 0 aliphatic rings. The maximum absolute atomic E-state index is 11.9. The van der Waals surface area contributed by atoms with Crippen LogP contribution < -0.4 is 4.52 Å². The molecular formula is C18H29N2O6PS. The van der Waals surface area contributed by atoms with Gasteiger partial charge in [-0.05, 0) is 58.4 Å². The normalized spacial score (nSPS) is 12.0. The van der Waals surface area contributed by atoms with Crippen molar-refractivity contribution in [3.05, 3.63) is 29.3 Å². The Hall–Kier alpha value is -1.51. The summed E-state index contributed by atoms with van der Waals surface area (Å²) in [5, 5.41) is 12.9. The van der Waals surface area contributed by atoms with E-state index in [4.69, 9.17) is 35.3 Å². The van der Waals surface area contributed by atoms with Gasteiger partial charge in [0.2, 0.25) is 0 Å². The van der Waals surface area contributed by atoms with Crippen molar-refractivity contribution in [1.82, 2.24) is 4.90 Å². The summed E-state index contributed by atoms with van der Waals surface area (Å²) in [5.74, 6) is 0.538. The molecule has 158 valence electrons. The van der Waals surface area contributed by atoms with Crippen molar-refractivity contribution >= 4 is 30.3 Å². The summed E-state index contributed by atoms with van der Waals surface area (Å²) >= 11 is 5.38. The van der Waals surface area contributed by atoms with Crippen molar-refractivity contribution in [3.8, 4) is 5.75 Å². The summed E-state index contributed by atoms with van der Waals surface area (Å²) in [6, 6.07) is 5.35. The molecule has 1 aromatic rings. The van der Waals surface area contributed by atoms with Gasteiger partial charge in [0.15, 0.2) is 0 Å². The molecule has 1 rings (SSSR count). The molecule has 0 saturated heterocycles. The maximum Gasteiger partial charge on any atom is 0.436 e. The number of likely N-dealkylation sites (N-methyl/N-ethyl adjacent to an activating group) is 1. The highest BCUT2D eigenvalue weighted by Gasteiger charge is 2.21. The van der Waals surface area contributed by atoms with Crippen molar-refractivity contribution in [2.45, 2.75) is 34.6 Å². The van der Waals surface area contributed by atoms with E-state index in [1.165, 1.54) is 4.90 Å². The second-order valence-electron chi connectivity index (χ2n) is 5.69. The molecule has 0 unspecified atom stereocenters. The van der Waals surface area contributed by atoms with Gasteiger partial charge in [-0.15, -0.1) is 0 Å². The number of oxime groups is 1. The van der Waals surface area contributed by atoms with Gasteiger partial charge in [0, 0.05) is 30.5 Å². The Morgan fingerprint density at radius 2 is 1.89 bits per heavy atom. The van der Waals surface area contributed by atoms with Crippen LogP contribution >= 0.6 is 6.72 Å². The molecule has 0 saturated carbocycles. The van der Waals surface area contributed by atoms with E-state index >= 15 is 0 Å². The van der Waals surface area contributed by atoms with Gasteiger partial charge in [-0.3, -0.25) is 13.9 Å². The molecular weight excluding hydrogens is 403 g/mol. The van der Waals surface area contributed by atoms with Crippen LogP contribution in [0, 0.1) is 6.92 Å². The molecule has 0 aliphatic carbocycles. The average molecular weight is 432 g/mol. The van der Waals surface area contributed by atoms with Crippen LogP contribution in [0.25, 0.3) is 0 Å². The largest absolute Gasteiger partial charge is 0.436 e. The van der Waals surface area contributed by atoms with Crippen LogP contribution in [0.3, 0.4) is 0 Å². The lowest BCUT2D eigenvalue weighted by atomic mass is 10.1. The summed E-state index contributed by atoms with van der Waals surface area (Å²) in [6.45, 7) is 7.52. The Kier molecular flexibility index (Phi) is 10.6. The summed E-state index contributed by atoms with van der Waals surface area (Å²) in [7, 11) is 0. The number of hydrogen-bond donors (Lipinski definition) is 1. The molecule has 0 fully saturated rings. The van der Waals surface area contributed by atoms with E-state index in [2.05, 4.69) is 5.16 Å². The van der Waals surface area contributed by atoms with E-state index in [0.29, 0.717) is 31.2 Å². The number of aliphatic hydroxyl groups excluding tert-OH is 1. The van der Waals surface area contributed by atoms with E-state index in [1.807, 2.05) is 20.8 Å². The highest BCUT2D eigenvalue weighted by molar-refractivity contribution is 8.07. The third kappa shape index (κ3) is 7.48. The SMILES string of the molecule is CCOP(=S)(OCC)Oc1ccc(/C(C)=N\OC(=O)N(CC)CCO)c(C)c1. The topological polar surface area (TPSA) is 89.8 Å². The first kappa shape index (κ1) is 24.5. The number of amides is 1. The lowest BCUT2D eigenvalue weighted by Crippen LogP contribution is -2.33. The lowest BCUT2D eigenvalue weighted by Gasteiger charge is -2.21. The third-order valence-corrected chi connectivity index (χ3v) is 6.09. The summed E-state index contributed by atoms with van der Waals surface area (Å²) in [4.78, 5) is 18.3. The fourth-order valence-electron chi connectivity index (χ4n) is 2.35. The Morgan fingerprint density at radius 3 is 2.39 bits per heavy atom. The van der Waals surface area contributed by atoms with Crippen LogP contribution in [-0.4, -0.2) is 54.7 Å². The monoisotopic (exact) mass is 432 g/mol. The predicted molar refractivity (Wildman–Crippen MR) is 112 cm³/mol. The molecule has 0 bridgehead atoms. The minimum Gasteiger partial charge on any atom is -0.424 e. The minimum atomic E-state index is -2.84. The Bertz CT molecular complexity index is 718. The van der Waals surface area contributed by atoms with E-state index < -0.39 is 12.8 Å². The molecule has 1 amide bonds. The van der Waals surface area contributed by atoms with E-state index in [-0.39, 0.29) is 13.2 Å². The van der Waals surface area contributed by atoms with Crippen LogP contribution in [0.5, 0.6) is 5.75 Å². The third-order valence-electron chi connectivity index (χ3n) is 3.65. The van der Waals surface area contributed by atoms with Gasteiger partial charge < -0.3 is 14.5 Å². The van der Waals surface area contributed by atoms with Gasteiger partial charge in [-0.25, -0.2) is 4.79 Å². The average Bonchev–Trinajstić information content (AvgIpc) is 2.64. The van der Waals surface area contributed by atoms with Gasteiger partial charge >= 0.3 is 12.8 Å². The zero-order valence-corrected chi connectivity index (χ0v) is 18.7. The second kappa shape index (κ2) is 12.1. The smallest absolute Gasteiger partial charge is 0.424 e. The van der Waals surface area contributed by atoms with E-state index in [1.54, 1.807) is 32.0 Å². The Morgan fingerprint density at radius 1 is 1.25 bits per heavy atom. The number of nitrogens with zero attached hydrogens (tertiary/aromatic N) is 2. The second-order valence-corrected chi connectivity index (χ2v) is 8.62. The van der Waals surface area contributed by atoms with Gasteiger partial charge in [0.05, 0.1) is 25.5 Å². The van der Waals surface area contributed by atoms with Crippen molar-refractivity contribution < 1.29 is 28.3 Å². The van der Waals surface area contributed by atoms with Crippen molar-refractivity contribution in [3.63, 3.8) is 0 Å². The summed E-state index contributed by atoms with van der Waals surface area (Å²) in [6.07, 6.45) is -0.609. The van der Waals surface area contributed by atoms with Crippen LogP contribution in [0.15, 0.2) is 23.4 Å². The predicted octanol–water partition coefficient (Wildman–Crippen LogP) is 3.85. The van der Waals surface area contributed by atoms with Crippen molar-refractivity contribution in [2.24, 2.45) is 5.16 Å².